The van der Waals surface area contributed by atoms with Crippen LogP contribution < -0.4 is 5.73 Å². The lowest BCUT2D eigenvalue weighted by Crippen LogP contribution is -2.09. The molecule has 0 spiro atoms. The van der Waals surface area contributed by atoms with Crippen molar-refractivity contribution in [3.63, 3.8) is 0 Å². The number of halogens is 1. The van der Waals surface area contributed by atoms with E-state index in [0.717, 1.165) is 24.8 Å². The van der Waals surface area contributed by atoms with Crippen LogP contribution in [0.4, 0.5) is 4.39 Å². The van der Waals surface area contributed by atoms with E-state index in [-0.39, 0.29) is 5.82 Å². The highest BCUT2D eigenvalue weighted by molar-refractivity contribution is 5.19. The molecular formula is C16H19FN2. The third-order valence-electron chi connectivity index (χ3n) is 3.39. The first-order valence-corrected chi connectivity index (χ1v) is 6.64. The molecule has 2 N–H and O–H groups in total. The van der Waals surface area contributed by atoms with E-state index in [9.17, 15) is 4.39 Å². The molecule has 0 saturated carbocycles. The third-order valence-corrected chi connectivity index (χ3v) is 3.39. The molecule has 0 saturated heterocycles. The predicted molar refractivity (Wildman–Crippen MR) is 75.4 cm³/mol. The summed E-state index contributed by atoms with van der Waals surface area (Å²) in [5, 5.41) is 0. The van der Waals surface area contributed by atoms with Crippen LogP contribution in [-0.4, -0.2) is 11.5 Å². The van der Waals surface area contributed by atoms with E-state index < -0.39 is 0 Å². The molecule has 2 aromatic rings. The maximum atomic E-state index is 13.6. The molecule has 0 aliphatic rings. The summed E-state index contributed by atoms with van der Waals surface area (Å²) >= 11 is 0. The number of nitrogens with zero attached hydrogens (tertiary/aromatic N) is 1. The maximum absolute atomic E-state index is 13.6. The summed E-state index contributed by atoms with van der Waals surface area (Å²) in [6, 6.07) is 10.9. The quantitative estimate of drug-likeness (QED) is 0.863. The predicted octanol–water partition coefficient (Wildman–Crippen LogP) is 3.29. The first kappa shape index (κ1) is 13.7. The highest BCUT2D eigenvalue weighted by Crippen LogP contribution is 2.24. The average molecular weight is 258 g/mol. The molecule has 1 unspecified atom stereocenters. The Balaban J connectivity index is 2.04. The van der Waals surface area contributed by atoms with E-state index in [0.29, 0.717) is 12.5 Å². The minimum atomic E-state index is -0.125. The van der Waals surface area contributed by atoms with Crippen molar-refractivity contribution in [2.24, 2.45) is 5.73 Å². The largest absolute Gasteiger partial charge is 0.330 e. The Morgan fingerprint density at radius 3 is 2.63 bits per heavy atom. The average Bonchev–Trinajstić information content (AvgIpc) is 2.46. The van der Waals surface area contributed by atoms with Gasteiger partial charge in [0.2, 0.25) is 0 Å². The number of rotatable bonds is 6. The second-order valence-corrected chi connectivity index (χ2v) is 4.69. The lowest BCUT2D eigenvalue weighted by atomic mass is 9.90. The van der Waals surface area contributed by atoms with Gasteiger partial charge in [0.15, 0.2) is 0 Å². The molecule has 100 valence electrons. The Labute approximate surface area is 113 Å². The second kappa shape index (κ2) is 7.00. The number of benzene rings is 1. The zero-order valence-electron chi connectivity index (χ0n) is 10.9. The van der Waals surface area contributed by atoms with Gasteiger partial charge < -0.3 is 5.73 Å². The Morgan fingerprint density at radius 1 is 1.11 bits per heavy atom. The van der Waals surface area contributed by atoms with Crippen molar-refractivity contribution < 1.29 is 4.39 Å². The summed E-state index contributed by atoms with van der Waals surface area (Å²) in [5.41, 5.74) is 7.63. The van der Waals surface area contributed by atoms with Crippen LogP contribution in [0.15, 0.2) is 48.8 Å². The number of aromatic nitrogens is 1. The highest BCUT2D eigenvalue weighted by atomic mass is 19.1. The minimum Gasteiger partial charge on any atom is -0.330 e. The van der Waals surface area contributed by atoms with Crippen LogP contribution in [0.1, 0.15) is 29.9 Å². The second-order valence-electron chi connectivity index (χ2n) is 4.69. The summed E-state index contributed by atoms with van der Waals surface area (Å²) in [4.78, 5) is 4.15. The first-order valence-electron chi connectivity index (χ1n) is 6.64. The van der Waals surface area contributed by atoms with Crippen molar-refractivity contribution >= 4 is 0 Å². The van der Waals surface area contributed by atoms with E-state index in [1.165, 1.54) is 11.6 Å². The van der Waals surface area contributed by atoms with Gasteiger partial charge in [0, 0.05) is 12.4 Å². The number of hydrogen-bond donors (Lipinski definition) is 1. The highest BCUT2D eigenvalue weighted by Gasteiger charge is 2.12. The molecule has 2 rings (SSSR count). The van der Waals surface area contributed by atoms with Crippen molar-refractivity contribution in [3.05, 3.63) is 65.7 Å². The molecule has 0 radical (unpaired) electrons. The molecule has 1 atom stereocenters. The van der Waals surface area contributed by atoms with Crippen LogP contribution >= 0.6 is 0 Å². The molecule has 3 heteroatoms. The van der Waals surface area contributed by atoms with Crippen molar-refractivity contribution in [1.82, 2.24) is 4.98 Å². The fourth-order valence-electron chi connectivity index (χ4n) is 2.33. The normalized spacial score (nSPS) is 12.3. The van der Waals surface area contributed by atoms with Gasteiger partial charge in [0.05, 0.1) is 0 Å². The van der Waals surface area contributed by atoms with E-state index >= 15 is 0 Å². The fourth-order valence-corrected chi connectivity index (χ4v) is 2.33. The maximum Gasteiger partial charge on any atom is 0.126 e. The summed E-state index contributed by atoms with van der Waals surface area (Å²) in [6.07, 6.45) is 6.16. The van der Waals surface area contributed by atoms with Gasteiger partial charge in [-0.1, -0.05) is 24.3 Å². The molecular weight excluding hydrogens is 239 g/mol. The number of nitrogens with two attached hydrogens (primary N) is 1. The fraction of sp³-hybridized carbons (Fsp3) is 0.312. The zero-order chi connectivity index (χ0) is 13.5. The van der Waals surface area contributed by atoms with Gasteiger partial charge in [0.25, 0.3) is 0 Å². The Morgan fingerprint density at radius 2 is 1.95 bits per heavy atom. The summed E-state index contributed by atoms with van der Waals surface area (Å²) in [7, 11) is 0. The lowest BCUT2D eigenvalue weighted by Gasteiger charge is -2.16. The van der Waals surface area contributed by atoms with Crippen molar-refractivity contribution in [1.29, 1.82) is 0 Å². The van der Waals surface area contributed by atoms with E-state index in [2.05, 4.69) is 11.1 Å². The molecule has 2 nitrogen and oxygen atoms in total. The van der Waals surface area contributed by atoms with Crippen molar-refractivity contribution in [2.75, 3.05) is 6.54 Å². The number of hydrogen-bond acceptors (Lipinski definition) is 2. The van der Waals surface area contributed by atoms with Crippen LogP contribution in [0.3, 0.4) is 0 Å². The van der Waals surface area contributed by atoms with Crippen molar-refractivity contribution in [3.8, 4) is 0 Å². The SMILES string of the molecule is NCCC(CCc1ccccc1F)c1cccnc1. The van der Waals surface area contributed by atoms with Gasteiger partial charge in [-0.3, -0.25) is 4.98 Å². The molecule has 0 fully saturated rings. The van der Waals surface area contributed by atoms with Crippen molar-refractivity contribution in [2.45, 2.75) is 25.2 Å². The van der Waals surface area contributed by atoms with Gasteiger partial charge in [-0.2, -0.15) is 0 Å². The summed E-state index contributed by atoms with van der Waals surface area (Å²) < 4.78 is 13.6. The molecule has 0 aliphatic heterocycles. The van der Waals surface area contributed by atoms with Crippen LogP contribution in [0, 0.1) is 5.82 Å². The first-order chi connectivity index (χ1) is 9.31. The number of pyridine rings is 1. The van der Waals surface area contributed by atoms with Gasteiger partial charge in [-0.15, -0.1) is 0 Å². The van der Waals surface area contributed by atoms with Gasteiger partial charge in [-0.05, 0) is 55.0 Å². The van der Waals surface area contributed by atoms with Crippen LogP contribution in [-0.2, 0) is 6.42 Å². The summed E-state index contributed by atoms with van der Waals surface area (Å²) in [6.45, 7) is 0.636. The van der Waals surface area contributed by atoms with Gasteiger partial charge in [0.1, 0.15) is 5.82 Å². The van der Waals surface area contributed by atoms with Gasteiger partial charge >= 0.3 is 0 Å². The smallest absolute Gasteiger partial charge is 0.126 e. The van der Waals surface area contributed by atoms with Crippen LogP contribution in [0.25, 0.3) is 0 Å². The van der Waals surface area contributed by atoms with E-state index in [1.807, 2.05) is 24.4 Å². The summed E-state index contributed by atoms with van der Waals surface area (Å²) in [5.74, 6) is 0.221. The molecule has 0 aliphatic carbocycles. The Kier molecular flexibility index (Phi) is 5.04. The van der Waals surface area contributed by atoms with E-state index in [4.69, 9.17) is 5.73 Å². The molecule has 1 aromatic carbocycles. The molecule has 19 heavy (non-hydrogen) atoms. The topological polar surface area (TPSA) is 38.9 Å². The minimum absolute atomic E-state index is 0.125. The van der Waals surface area contributed by atoms with Crippen LogP contribution in [0.2, 0.25) is 0 Å². The van der Waals surface area contributed by atoms with Crippen LogP contribution in [0.5, 0.6) is 0 Å². The lowest BCUT2D eigenvalue weighted by molar-refractivity contribution is 0.559. The number of aryl methyl sites for hydroxylation is 1. The van der Waals surface area contributed by atoms with E-state index in [1.54, 1.807) is 12.3 Å². The monoisotopic (exact) mass is 258 g/mol. The molecule has 1 aromatic heterocycles. The zero-order valence-corrected chi connectivity index (χ0v) is 10.9. The Bertz CT molecular complexity index is 499. The van der Waals surface area contributed by atoms with Gasteiger partial charge in [-0.25, -0.2) is 4.39 Å². The Hall–Kier alpha value is -1.74. The molecule has 0 bridgehead atoms. The molecule has 1 heterocycles. The standard InChI is InChI=1S/C16H19FN2/c17-16-6-2-1-4-14(16)8-7-13(9-10-18)15-5-3-11-19-12-15/h1-6,11-13H,7-10,18H2. The third kappa shape index (κ3) is 3.86. The molecule has 0 amide bonds.